The number of carboxylic acid groups (broad SMARTS) is 2. The maximum Gasteiger partial charge on any atom is 0.278 e. The van der Waals surface area contributed by atoms with Crippen molar-refractivity contribution in [3.8, 4) is 0 Å². The molecule has 0 spiro atoms. The number of carboxylic acids is 2. The molecule has 1 heterocycles. The standard InChI is InChI=1S/C13H12N4O6/c18-10(14-9(13(22)23)5-11(19)20)6-17-12(21)7-3-1-2-4-8(7)15-16-17/h1-4,9H,5-6H2,(H,14,18)(H,19,20)(H,22,23)/p-2/t9-/m0/s1. The van der Waals surface area contributed by atoms with E-state index in [1.165, 1.54) is 6.07 Å². The Bertz CT molecular complexity index is 831. The molecular formula is C13H10N4O6-2. The Morgan fingerprint density at radius 2 is 1.91 bits per heavy atom. The molecule has 1 atom stereocenters. The third kappa shape index (κ3) is 3.87. The first-order chi connectivity index (χ1) is 10.9. The van der Waals surface area contributed by atoms with Gasteiger partial charge in [0.1, 0.15) is 12.1 Å². The van der Waals surface area contributed by atoms with E-state index in [4.69, 9.17) is 0 Å². The van der Waals surface area contributed by atoms with Crippen molar-refractivity contribution < 1.29 is 24.6 Å². The monoisotopic (exact) mass is 318 g/mol. The summed E-state index contributed by atoms with van der Waals surface area (Å²) in [6.45, 7) is -0.618. The average Bonchev–Trinajstić information content (AvgIpc) is 2.49. The molecular weight excluding hydrogens is 308 g/mol. The molecule has 0 radical (unpaired) electrons. The molecule has 1 N–H and O–H groups in total. The van der Waals surface area contributed by atoms with E-state index in [2.05, 4.69) is 10.3 Å². The fraction of sp³-hybridized carbons (Fsp3) is 0.231. The Morgan fingerprint density at radius 1 is 1.22 bits per heavy atom. The van der Waals surface area contributed by atoms with Crippen LogP contribution in [0.4, 0.5) is 0 Å². The third-order valence-electron chi connectivity index (χ3n) is 2.91. The molecule has 0 aliphatic rings. The van der Waals surface area contributed by atoms with Gasteiger partial charge in [0.05, 0.1) is 17.4 Å². The molecule has 23 heavy (non-hydrogen) atoms. The van der Waals surface area contributed by atoms with Crippen LogP contribution in [-0.4, -0.2) is 38.9 Å². The van der Waals surface area contributed by atoms with Gasteiger partial charge in [-0.25, -0.2) is 4.68 Å². The van der Waals surface area contributed by atoms with Crippen LogP contribution in [0.5, 0.6) is 0 Å². The van der Waals surface area contributed by atoms with Crippen LogP contribution in [-0.2, 0) is 20.9 Å². The Kier molecular flexibility index (Phi) is 4.64. The quantitative estimate of drug-likeness (QED) is 0.567. The summed E-state index contributed by atoms with van der Waals surface area (Å²) in [5, 5.41) is 30.7. The zero-order chi connectivity index (χ0) is 17.0. The number of nitrogens with zero attached hydrogens (tertiary/aromatic N) is 3. The van der Waals surface area contributed by atoms with Crippen LogP contribution in [0.3, 0.4) is 0 Å². The second-order valence-electron chi connectivity index (χ2n) is 4.58. The van der Waals surface area contributed by atoms with Crippen LogP contribution >= 0.6 is 0 Å². The number of nitrogens with one attached hydrogen (secondary N) is 1. The number of fused-ring (bicyclic) bond motifs is 1. The summed E-state index contributed by atoms with van der Waals surface area (Å²) >= 11 is 0. The molecule has 2 rings (SSSR count). The molecule has 2 aromatic rings. The van der Waals surface area contributed by atoms with Crippen molar-refractivity contribution in [1.29, 1.82) is 0 Å². The molecule has 0 unspecified atom stereocenters. The molecule has 0 aliphatic heterocycles. The lowest BCUT2D eigenvalue weighted by Crippen LogP contribution is -2.51. The highest BCUT2D eigenvalue weighted by atomic mass is 16.4. The number of hydrogen-bond acceptors (Lipinski definition) is 8. The van der Waals surface area contributed by atoms with Gasteiger partial charge in [0.2, 0.25) is 5.91 Å². The van der Waals surface area contributed by atoms with E-state index in [-0.39, 0.29) is 5.39 Å². The van der Waals surface area contributed by atoms with Gasteiger partial charge in [0, 0.05) is 12.4 Å². The molecule has 120 valence electrons. The molecule has 0 bridgehead atoms. The van der Waals surface area contributed by atoms with Crippen molar-refractivity contribution in [2.45, 2.75) is 19.0 Å². The topological polar surface area (TPSA) is 157 Å². The summed E-state index contributed by atoms with van der Waals surface area (Å²) in [6.07, 6.45) is -0.952. The smallest absolute Gasteiger partial charge is 0.278 e. The molecule has 10 nitrogen and oxygen atoms in total. The summed E-state index contributed by atoms with van der Waals surface area (Å²) in [5.74, 6) is -4.37. The summed E-state index contributed by atoms with van der Waals surface area (Å²) < 4.78 is 0.739. The van der Waals surface area contributed by atoms with Crippen LogP contribution in [0, 0.1) is 0 Å². The fourth-order valence-corrected chi connectivity index (χ4v) is 1.86. The number of carbonyl (C=O) groups is 3. The Balaban J connectivity index is 2.17. The van der Waals surface area contributed by atoms with Crippen molar-refractivity contribution in [1.82, 2.24) is 20.3 Å². The van der Waals surface area contributed by atoms with Crippen molar-refractivity contribution in [2.75, 3.05) is 0 Å². The van der Waals surface area contributed by atoms with Gasteiger partial charge in [0.25, 0.3) is 5.56 Å². The van der Waals surface area contributed by atoms with E-state index in [9.17, 15) is 29.4 Å². The third-order valence-corrected chi connectivity index (χ3v) is 2.91. The zero-order valence-electron chi connectivity index (χ0n) is 11.6. The van der Waals surface area contributed by atoms with Crippen molar-refractivity contribution >= 4 is 28.7 Å². The second kappa shape index (κ2) is 6.64. The maximum absolute atomic E-state index is 12.1. The summed E-state index contributed by atoms with van der Waals surface area (Å²) in [4.78, 5) is 45.0. The van der Waals surface area contributed by atoms with Crippen LogP contribution < -0.4 is 21.1 Å². The van der Waals surface area contributed by atoms with Gasteiger partial charge in [-0.3, -0.25) is 9.59 Å². The summed E-state index contributed by atoms with van der Waals surface area (Å²) in [5.41, 5.74) is -0.241. The number of rotatable bonds is 6. The minimum absolute atomic E-state index is 0.237. The van der Waals surface area contributed by atoms with Crippen molar-refractivity contribution in [3.05, 3.63) is 34.6 Å². The Morgan fingerprint density at radius 3 is 2.57 bits per heavy atom. The molecule has 0 aliphatic carbocycles. The summed E-state index contributed by atoms with van der Waals surface area (Å²) in [7, 11) is 0. The minimum atomic E-state index is -1.78. The lowest BCUT2D eigenvalue weighted by molar-refractivity contribution is -0.317. The predicted octanol–water partition coefficient (Wildman–Crippen LogP) is -3.83. The molecule has 1 amide bonds. The van der Waals surface area contributed by atoms with Crippen LogP contribution in [0.15, 0.2) is 29.1 Å². The molecule has 0 saturated carbocycles. The first kappa shape index (κ1) is 16.1. The largest absolute Gasteiger partial charge is 0.550 e. The van der Waals surface area contributed by atoms with Gasteiger partial charge in [-0.2, -0.15) is 0 Å². The number of amides is 1. The van der Waals surface area contributed by atoms with Crippen molar-refractivity contribution in [3.63, 3.8) is 0 Å². The highest BCUT2D eigenvalue weighted by Gasteiger charge is 2.15. The normalized spacial score (nSPS) is 11.8. The van der Waals surface area contributed by atoms with Crippen LogP contribution in [0.25, 0.3) is 10.9 Å². The van der Waals surface area contributed by atoms with E-state index in [0.29, 0.717) is 5.52 Å². The van der Waals surface area contributed by atoms with E-state index in [1.54, 1.807) is 18.2 Å². The van der Waals surface area contributed by atoms with E-state index in [1.807, 2.05) is 5.32 Å². The maximum atomic E-state index is 12.1. The van der Waals surface area contributed by atoms with E-state index >= 15 is 0 Å². The first-order valence-corrected chi connectivity index (χ1v) is 6.41. The number of carbonyl (C=O) groups excluding carboxylic acids is 3. The van der Waals surface area contributed by atoms with Crippen molar-refractivity contribution in [2.24, 2.45) is 0 Å². The number of benzene rings is 1. The Labute approximate surface area is 128 Å². The molecule has 0 saturated heterocycles. The van der Waals surface area contributed by atoms with Gasteiger partial charge in [0.15, 0.2) is 0 Å². The van der Waals surface area contributed by atoms with Gasteiger partial charge in [-0.15, -0.1) is 5.10 Å². The molecule has 10 heteroatoms. The van der Waals surface area contributed by atoms with E-state index < -0.39 is 42.4 Å². The van der Waals surface area contributed by atoms with Crippen LogP contribution in [0.2, 0.25) is 0 Å². The zero-order valence-corrected chi connectivity index (χ0v) is 11.6. The highest BCUT2D eigenvalue weighted by Crippen LogP contribution is 2.03. The highest BCUT2D eigenvalue weighted by molar-refractivity contribution is 5.85. The second-order valence-corrected chi connectivity index (χ2v) is 4.58. The average molecular weight is 318 g/mol. The lowest BCUT2D eigenvalue weighted by Gasteiger charge is -2.20. The van der Waals surface area contributed by atoms with Gasteiger partial charge in [-0.05, 0) is 12.1 Å². The first-order valence-electron chi connectivity index (χ1n) is 6.41. The fourth-order valence-electron chi connectivity index (χ4n) is 1.86. The van der Waals surface area contributed by atoms with Crippen LogP contribution in [0.1, 0.15) is 6.42 Å². The number of hydrogen-bond donors (Lipinski definition) is 1. The molecule has 1 aromatic carbocycles. The molecule has 1 aromatic heterocycles. The minimum Gasteiger partial charge on any atom is -0.550 e. The van der Waals surface area contributed by atoms with Gasteiger partial charge < -0.3 is 25.1 Å². The van der Waals surface area contributed by atoms with Gasteiger partial charge in [-0.1, -0.05) is 17.3 Å². The lowest BCUT2D eigenvalue weighted by atomic mass is 10.2. The number of aromatic nitrogens is 3. The Hall–Kier alpha value is -3.30. The summed E-state index contributed by atoms with van der Waals surface area (Å²) in [6, 6.07) is 4.58. The van der Waals surface area contributed by atoms with E-state index in [0.717, 1.165) is 4.68 Å². The van der Waals surface area contributed by atoms with Gasteiger partial charge >= 0.3 is 0 Å². The molecule has 0 fully saturated rings. The predicted molar refractivity (Wildman–Crippen MR) is 70.4 cm³/mol. The SMILES string of the molecule is O=C([O-])C[C@H](NC(=O)Cn1nnc2ccccc2c1=O)C(=O)[O-]. The number of aliphatic carboxylic acids is 2.